The molecule has 0 unspecified atom stereocenters. The molecular weight excluding hydrogens is 230 g/mol. The third-order valence-electron chi connectivity index (χ3n) is 2.55. The number of fused-ring (bicyclic) bond motifs is 2. The summed E-state index contributed by atoms with van der Waals surface area (Å²) >= 11 is 3.81. The van der Waals surface area contributed by atoms with E-state index in [0.717, 1.165) is 17.9 Å². The fourth-order valence-corrected chi connectivity index (χ4v) is 1.82. The molecule has 0 radical (unpaired) electrons. The quantitative estimate of drug-likeness (QED) is 0.475. The van der Waals surface area contributed by atoms with Gasteiger partial charge in [0.05, 0.1) is 5.16 Å². The van der Waals surface area contributed by atoms with Gasteiger partial charge in [-0.25, -0.2) is 5.41 Å². The second kappa shape index (κ2) is 5.39. The van der Waals surface area contributed by atoms with Crippen LogP contribution in [0.2, 0.25) is 0 Å². The van der Waals surface area contributed by atoms with Gasteiger partial charge >= 0.3 is 0 Å². The van der Waals surface area contributed by atoms with Gasteiger partial charge in [0.1, 0.15) is 11.5 Å². The van der Waals surface area contributed by atoms with Gasteiger partial charge in [0, 0.05) is 6.42 Å². The SMILES string of the molecule is N=C=S.c1ccc2c(c1)Cc1ccccc1O2. The molecule has 1 N–H and O–H groups in total. The number of hydrogen-bond acceptors (Lipinski definition) is 3. The highest BCUT2D eigenvalue weighted by Crippen LogP contribution is 2.35. The van der Waals surface area contributed by atoms with Crippen LogP contribution in [0.5, 0.6) is 11.5 Å². The third-order valence-corrected chi connectivity index (χ3v) is 2.55. The van der Waals surface area contributed by atoms with Crippen molar-refractivity contribution in [3.63, 3.8) is 0 Å². The van der Waals surface area contributed by atoms with Gasteiger partial charge in [-0.15, -0.1) is 0 Å². The Balaban J connectivity index is 0.000000329. The lowest BCUT2D eigenvalue weighted by Crippen LogP contribution is -2.01. The Hall–Kier alpha value is -1.96. The number of hydrogen-bond donors (Lipinski definition) is 1. The topological polar surface area (TPSA) is 33.1 Å². The van der Waals surface area contributed by atoms with Crippen molar-refractivity contribution in [3.8, 4) is 11.5 Å². The number of thiocarbonyl (C=S) groups is 1. The van der Waals surface area contributed by atoms with E-state index in [4.69, 9.17) is 10.1 Å². The first-order chi connectivity index (χ1) is 8.35. The van der Waals surface area contributed by atoms with Gasteiger partial charge < -0.3 is 4.74 Å². The van der Waals surface area contributed by atoms with Gasteiger partial charge in [0.15, 0.2) is 0 Å². The minimum absolute atomic E-state index is 0.979. The van der Waals surface area contributed by atoms with E-state index in [9.17, 15) is 0 Å². The molecule has 1 aliphatic heterocycles. The van der Waals surface area contributed by atoms with Gasteiger partial charge in [-0.3, -0.25) is 0 Å². The molecule has 84 valence electrons. The zero-order chi connectivity index (χ0) is 12.1. The molecular formula is C14H11NOS. The Labute approximate surface area is 105 Å². The van der Waals surface area contributed by atoms with E-state index in [1.54, 1.807) is 5.16 Å². The highest BCUT2D eigenvalue weighted by Gasteiger charge is 2.14. The lowest BCUT2D eigenvalue weighted by atomic mass is 10.0. The number of para-hydroxylation sites is 2. The van der Waals surface area contributed by atoms with Gasteiger partial charge in [0.2, 0.25) is 0 Å². The van der Waals surface area contributed by atoms with Crippen molar-refractivity contribution >= 4 is 17.4 Å². The standard InChI is InChI=1S/C13H10O.CHNS/c1-3-7-12-10(5-1)9-11-6-2-4-8-13(11)14-12;2-1-3/h1-8H,9H2;2H. The van der Waals surface area contributed by atoms with Gasteiger partial charge in [-0.2, -0.15) is 0 Å². The fraction of sp³-hybridized carbons (Fsp3) is 0.0714. The minimum Gasteiger partial charge on any atom is -0.457 e. The van der Waals surface area contributed by atoms with Crippen LogP contribution in [0.1, 0.15) is 11.1 Å². The maximum Gasteiger partial charge on any atom is 0.130 e. The molecule has 0 aliphatic carbocycles. The summed E-state index contributed by atoms with van der Waals surface area (Å²) in [5, 5.41) is 7.36. The van der Waals surface area contributed by atoms with Crippen molar-refractivity contribution in [1.29, 1.82) is 5.41 Å². The van der Waals surface area contributed by atoms with E-state index in [0.29, 0.717) is 0 Å². The van der Waals surface area contributed by atoms with Gasteiger partial charge in [-0.05, 0) is 35.5 Å². The van der Waals surface area contributed by atoms with E-state index < -0.39 is 0 Å². The van der Waals surface area contributed by atoms with Crippen LogP contribution in [0.4, 0.5) is 0 Å². The summed E-state index contributed by atoms with van der Waals surface area (Å²) in [4.78, 5) is 0. The van der Waals surface area contributed by atoms with E-state index in [1.165, 1.54) is 11.1 Å². The Morgan fingerprint density at radius 3 is 1.82 bits per heavy atom. The average Bonchev–Trinajstić information content (AvgIpc) is 2.37. The fourth-order valence-electron chi connectivity index (χ4n) is 1.82. The smallest absolute Gasteiger partial charge is 0.130 e. The molecule has 3 rings (SSSR count). The molecule has 0 atom stereocenters. The molecule has 0 bridgehead atoms. The third kappa shape index (κ3) is 2.59. The summed E-state index contributed by atoms with van der Waals surface area (Å²) in [5.41, 5.74) is 2.54. The molecule has 2 nitrogen and oxygen atoms in total. The largest absolute Gasteiger partial charge is 0.457 e. The van der Waals surface area contributed by atoms with Crippen molar-refractivity contribution in [1.82, 2.24) is 0 Å². The predicted molar refractivity (Wildman–Crippen MR) is 71.1 cm³/mol. The molecule has 2 aromatic carbocycles. The van der Waals surface area contributed by atoms with E-state index >= 15 is 0 Å². The molecule has 0 aromatic heterocycles. The van der Waals surface area contributed by atoms with Crippen LogP contribution < -0.4 is 4.74 Å². The van der Waals surface area contributed by atoms with Crippen molar-refractivity contribution in [2.75, 3.05) is 0 Å². The number of rotatable bonds is 0. The summed E-state index contributed by atoms with van der Waals surface area (Å²) in [7, 11) is 0. The van der Waals surface area contributed by atoms with Crippen LogP contribution in [-0.4, -0.2) is 5.16 Å². The Morgan fingerprint density at radius 2 is 1.35 bits per heavy atom. The van der Waals surface area contributed by atoms with Crippen LogP contribution in [-0.2, 0) is 6.42 Å². The van der Waals surface area contributed by atoms with Crippen molar-refractivity contribution < 1.29 is 4.74 Å². The molecule has 0 saturated heterocycles. The van der Waals surface area contributed by atoms with Crippen molar-refractivity contribution in [2.24, 2.45) is 0 Å². The monoisotopic (exact) mass is 241 g/mol. The first kappa shape index (κ1) is 11.5. The van der Waals surface area contributed by atoms with Crippen molar-refractivity contribution in [3.05, 3.63) is 59.7 Å². The molecule has 1 heterocycles. The lowest BCUT2D eigenvalue weighted by Gasteiger charge is -2.19. The Morgan fingerprint density at radius 1 is 0.941 bits per heavy atom. The summed E-state index contributed by atoms with van der Waals surface area (Å²) in [5.74, 6) is 1.98. The lowest BCUT2D eigenvalue weighted by molar-refractivity contribution is 0.460. The highest BCUT2D eigenvalue weighted by molar-refractivity contribution is 7.78. The van der Waals surface area contributed by atoms with Crippen LogP contribution in [0.15, 0.2) is 48.5 Å². The van der Waals surface area contributed by atoms with Gasteiger partial charge in [0.25, 0.3) is 0 Å². The number of ether oxygens (including phenoxy) is 1. The van der Waals surface area contributed by atoms with Crippen LogP contribution in [0, 0.1) is 5.41 Å². The second-order valence-electron chi connectivity index (χ2n) is 3.60. The normalized spacial score (nSPS) is 10.8. The Bertz CT molecular complexity index is 472. The van der Waals surface area contributed by atoms with Crippen LogP contribution >= 0.6 is 12.2 Å². The first-order valence-corrected chi connectivity index (χ1v) is 5.63. The summed E-state index contributed by atoms with van der Waals surface area (Å²) in [6.45, 7) is 0. The van der Waals surface area contributed by atoms with E-state index in [2.05, 4.69) is 36.5 Å². The predicted octanol–water partition coefficient (Wildman–Crippen LogP) is 4.05. The molecule has 2 aromatic rings. The minimum atomic E-state index is 0.979. The highest BCUT2D eigenvalue weighted by atomic mass is 32.1. The average molecular weight is 241 g/mol. The summed E-state index contributed by atoms with van der Waals surface area (Å²) < 4.78 is 5.78. The molecule has 0 saturated carbocycles. The molecule has 0 fully saturated rings. The molecule has 0 amide bonds. The van der Waals surface area contributed by atoms with Gasteiger partial charge in [-0.1, -0.05) is 36.4 Å². The zero-order valence-corrected chi connectivity index (χ0v) is 9.96. The molecule has 1 aliphatic rings. The van der Waals surface area contributed by atoms with Crippen LogP contribution in [0.25, 0.3) is 0 Å². The Kier molecular flexibility index (Phi) is 3.66. The number of nitrogens with one attached hydrogen (secondary N) is 1. The number of benzene rings is 2. The summed E-state index contributed by atoms with van der Waals surface area (Å²) in [6, 6.07) is 16.4. The molecule has 3 heteroatoms. The molecule has 17 heavy (non-hydrogen) atoms. The van der Waals surface area contributed by atoms with Crippen molar-refractivity contribution in [2.45, 2.75) is 6.42 Å². The summed E-state index contributed by atoms with van der Waals surface area (Å²) in [6.07, 6.45) is 0.979. The maximum atomic E-state index is 5.78. The number of isothiocyanates is 1. The molecule has 0 spiro atoms. The van der Waals surface area contributed by atoms with E-state index in [-0.39, 0.29) is 0 Å². The first-order valence-electron chi connectivity index (χ1n) is 5.22. The maximum absolute atomic E-state index is 5.78. The second-order valence-corrected chi connectivity index (χ2v) is 3.80. The van der Waals surface area contributed by atoms with E-state index in [1.807, 2.05) is 24.3 Å². The van der Waals surface area contributed by atoms with Crippen LogP contribution in [0.3, 0.4) is 0 Å². The zero-order valence-electron chi connectivity index (χ0n) is 9.14.